The van der Waals surface area contributed by atoms with E-state index >= 15 is 0 Å². The molecule has 1 saturated heterocycles. The highest BCUT2D eigenvalue weighted by Gasteiger charge is 2.13. The summed E-state index contributed by atoms with van der Waals surface area (Å²) in [6.45, 7) is 8.04. The number of primary amides is 2. The molecule has 1 fully saturated rings. The van der Waals surface area contributed by atoms with E-state index in [9.17, 15) is 24.4 Å². The second-order valence-electron chi connectivity index (χ2n) is 11.1. The van der Waals surface area contributed by atoms with Crippen LogP contribution in [0.15, 0.2) is 42.0 Å². The molecule has 12 nitrogen and oxygen atoms in total. The largest absolute Gasteiger partial charge is 0.463 e. The molecule has 0 saturated carbocycles. The van der Waals surface area contributed by atoms with E-state index < -0.39 is 29.5 Å². The zero-order valence-electron chi connectivity index (χ0n) is 25.7. The van der Waals surface area contributed by atoms with Gasteiger partial charge in [-0.3, -0.25) is 14.4 Å². The summed E-state index contributed by atoms with van der Waals surface area (Å²) in [6, 6.07) is 14.2. The average molecular weight is 610 g/mol. The van der Waals surface area contributed by atoms with Crippen LogP contribution in [0.3, 0.4) is 0 Å². The number of nitrogens with two attached hydrogens (primary N) is 2. The van der Waals surface area contributed by atoms with Crippen LogP contribution in [0.2, 0.25) is 0 Å². The highest BCUT2D eigenvalue weighted by molar-refractivity contribution is 6.02. The fourth-order valence-corrected chi connectivity index (χ4v) is 4.25. The Bertz CT molecular complexity index is 1350. The van der Waals surface area contributed by atoms with Crippen molar-refractivity contribution in [3.05, 3.63) is 47.5 Å². The number of esters is 1. The summed E-state index contributed by atoms with van der Waals surface area (Å²) in [5.41, 5.74) is 11.2. The van der Waals surface area contributed by atoms with Gasteiger partial charge in [0.05, 0.1) is 19.6 Å². The lowest BCUT2D eigenvalue weighted by molar-refractivity contribution is -0.146. The highest BCUT2D eigenvalue weighted by Crippen LogP contribution is 2.26. The third kappa shape index (κ3) is 14.0. The van der Waals surface area contributed by atoms with Crippen molar-refractivity contribution < 1.29 is 33.4 Å². The number of nitrogens with one attached hydrogen (secondary N) is 1. The smallest absolute Gasteiger partial charge is 0.405 e. The van der Waals surface area contributed by atoms with Gasteiger partial charge in [0.2, 0.25) is 5.91 Å². The molecule has 1 aliphatic heterocycles. The second kappa shape index (κ2) is 18.1. The molecule has 2 aromatic rings. The number of rotatable bonds is 12. The summed E-state index contributed by atoms with van der Waals surface area (Å²) in [7, 11) is 0. The molecular formula is C32H43N5O7. The molecule has 0 radical (unpaired) electrons. The van der Waals surface area contributed by atoms with Crippen LogP contribution in [-0.2, 0) is 28.6 Å². The van der Waals surface area contributed by atoms with Gasteiger partial charge in [0.25, 0.3) is 5.91 Å². The van der Waals surface area contributed by atoms with E-state index in [0.29, 0.717) is 0 Å². The molecule has 44 heavy (non-hydrogen) atoms. The maximum Gasteiger partial charge on any atom is 0.405 e. The van der Waals surface area contributed by atoms with Crippen molar-refractivity contribution in [3.63, 3.8) is 0 Å². The summed E-state index contributed by atoms with van der Waals surface area (Å²) < 4.78 is 14.8. The highest BCUT2D eigenvalue weighted by atomic mass is 16.6. The van der Waals surface area contributed by atoms with E-state index in [4.69, 9.17) is 20.9 Å². The Labute approximate surface area is 258 Å². The van der Waals surface area contributed by atoms with E-state index in [2.05, 4.69) is 33.2 Å². The number of nitriles is 1. The molecule has 0 aromatic heterocycles. The van der Waals surface area contributed by atoms with Crippen LogP contribution >= 0.6 is 0 Å². The number of fused-ring (bicyclic) bond motifs is 1. The van der Waals surface area contributed by atoms with Gasteiger partial charge in [0.1, 0.15) is 23.9 Å². The molecule has 1 aliphatic rings. The monoisotopic (exact) mass is 609 g/mol. The minimum atomic E-state index is -0.725. The molecule has 3 rings (SSSR count). The minimum absolute atomic E-state index is 0.00247. The lowest BCUT2D eigenvalue weighted by Crippen LogP contribution is -2.29. The first-order valence-electron chi connectivity index (χ1n) is 14.6. The predicted octanol–water partition coefficient (Wildman–Crippen LogP) is 3.56. The molecule has 5 N–H and O–H groups in total. The maximum atomic E-state index is 12.4. The van der Waals surface area contributed by atoms with Gasteiger partial charge in [-0.25, -0.2) is 4.79 Å². The van der Waals surface area contributed by atoms with Crippen LogP contribution in [-0.4, -0.2) is 68.9 Å². The number of carbonyl (C=O) groups is 4. The van der Waals surface area contributed by atoms with E-state index in [1.54, 1.807) is 26.8 Å². The van der Waals surface area contributed by atoms with Gasteiger partial charge in [-0.2, -0.15) is 5.26 Å². The third-order valence-corrected chi connectivity index (χ3v) is 6.25. The number of piperidine rings is 1. The zero-order chi connectivity index (χ0) is 32.5. The van der Waals surface area contributed by atoms with Crippen molar-refractivity contribution in [2.24, 2.45) is 11.5 Å². The number of hydrogen-bond acceptors (Lipinski definition) is 9. The van der Waals surface area contributed by atoms with Crippen molar-refractivity contribution in [1.82, 2.24) is 5.32 Å². The third-order valence-electron chi connectivity index (χ3n) is 6.25. The van der Waals surface area contributed by atoms with Crippen molar-refractivity contribution >= 4 is 46.4 Å². The summed E-state index contributed by atoms with van der Waals surface area (Å²) in [6.07, 6.45) is 4.46. The van der Waals surface area contributed by atoms with Crippen LogP contribution in [0.4, 0.5) is 10.5 Å². The van der Waals surface area contributed by atoms with E-state index in [0.717, 1.165) is 29.4 Å². The first kappa shape index (κ1) is 35.6. The normalized spacial score (nSPS) is 13.2. The van der Waals surface area contributed by atoms with Crippen molar-refractivity contribution in [2.75, 3.05) is 44.4 Å². The molecule has 0 unspecified atom stereocenters. The standard InChI is InChI=1S/C27H32N4O5.C5H11NO2/c28-19-23(27(34)30-10-13-35-14-15-36-26(33)9-8-25(29)32)17-20-4-5-22-18-24(7-6-21(22)16-20)31-11-2-1-3-12-31;1-5(2,3)8-4(6)7/h4-7,16-18H,1-3,8-15H2,(H2,29,32)(H,30,34);1-3H3,(H2,6,7)/b23-17+;. The van der Waals surface area contributed by atoms with Gasteiger partial charge in [0.15, 0.2) is 0 Å². The van der Waals surface area contributed by atoms with E-state index in [-0.39, 0.29) is 44.8 Å². The number of amides is 3. The van der Waals surface area contributed by atoms with Gasteiger partial charge in [-0.15, -0.1) is 0 Å². The first-order chi connectivity index (χ1) is 20.9. The van der Waals surface area contributed by atoms with Crippen molar-refractivity contribution in [2.45, 2.75) is 58.5 Å². The molecular weight excluding hydrogens is 566 g/mol. The lowest BCUT2D eigenvalue weighted by atomic mass is 10.0. The molecule has 2 aromatic carbocycles. The fraction of sp³-hybridized carbons (Fsp3) is 0.469. The number of ether oxygens (including phenoxy) is 3. The predicted molar refractivity (Wildman–Crippen MR) is 167 cm³/mol. The number of hydrogen-bond donors (Lipinski definition) is 3. The number of nitrogens with zero attached hydrogens (tertiary/aromatic N) is 2. The summed E-state index contributed by atoms with van der Waals surface area (Å²) in [5.74, 6) is -1.57. The Hall–Kier alpha value is -4.63. The topological polar surface area (TPSA) is 187 Å². The Morgan fingerprint density at radius 1 is 0.955 bits per heavy atom. The molecule has 12 heteroatoms. The van der Waals surface area contributed by atoms with Crippen molar-refractivity contribution in [3.8, 4) is 6.07 Å². The second-order valence-corrected chi connectivity index (χ2v) is 11.1. The lowest BCUT2D eigenvalue weighted by Gasteiger charge is -2.29. The Morgan fingerprint density at radius 2 is 1.64 bits per heavy atom. The zero-order valence-corrected chi connectivity index (χ0v) is 25.7. The fourth-order valence-electron chi connectivity index (χ4n) is 4.25. The Morgan fingerprint density at radius 3 is 2.25 bits per heavy atom. The SMILES string of the molecule is CC(C)(C)OC(N)=O.N#C/C(=C\c1ccc2cc(N3CCCCC3)ccc2c1)C(=O)NCCOCCOC(=O)CCC(N)=O. The molecule has 0 atom stereocenters. The molecule has 3 amide bonds. The Balaban J connectivity index is 0.000000742. The van der Waals surface area contributed by atoms with Gasteiger partial charge < -0.3 is 35.9 Å². The van der Waals surface area contributed by atoms with Gasteiger partial charge in [-0.05, 0) is 80.6 Å². The van der Waals surface area contributed by atoms with Crippen molar-refractivity contribution in [1.29, 1.82) is 5.26 Å². The van der Waals surface area contributed by atoms with E-state index in [1.165, 1.54) is 24.9 Å². The van der Waals surface area contributed by atoms with Crippen LogP contribution in [0, 0.1) is 11.3 Å². The molecule has 0 aliphatic carbocycles. The average Bonchev–Trinajstić information content (AvgIpc) is 2.97. The molecule has 0 spiro atoms. The minimum Gasteiger partial charge on any atom is -0.463 e. The number of carbonyl (C=O) groups excluding carboxylic acids is 4. The van der Waals surface area contributed by atoms with Gasteiger partial charge in [0, 0.05) is 31.7 Å². The number of anilines is 1. The Kier molecular flexibility index (Phi) is 14.7. The van der Waals surface area contributed by atoms with Crippen LogP contribution in [0.1, 0.15) is 58.4 Å². The molecule has 1 heterocycles. The summed E-state index contributed by atoms with van der Waals surface area (Å²) >= 11 is 0. The van der Waals surface area contributed by atoms with Crippen LogP contribution < -0.4 is 21.7 Å². The van der Waals surface area contributed by atoms with Gasteiger partial charge in [-0.1, -0.05) is 18.2 Å². The summed E-state index contributed by atoms with van der Waals surface area (Å²) in [5, 5.41) is 14.3. The van der Waals surface area contributed by atoms with Gasteiger partial charge >= 0.3 is 12.1 Å². The van der Waals surface area contributed by atoms with Crippen LogP contribution in [0.25, 0.3) is 16.8 Å². The van der Waals surface area contributed by atoms with E-state index in [1.807, 2.05) is 24.3 Å². The maximum absolute atomic E-state index is 12.4. The number of benzene rings is 2. The molecule has 0 bridgehead atoms. The van der Waals surface area contributed by atoms with Crippen LogP contribution in [0.5, 0.6) is 0 Å². The quantitative estimate of drug-likeness (QED) is 0.140. The molecule has 238 valence electrons. The first-order valence-corrected chi connectivity index (χ1v) is 14.6. The summed E-state index contributed by atoms with van der Waals surface area (Å²) in [4.78, 5) is 46.8.